The van der Waals surface area contributed by atoms with Gasteiger partial charge in [-0.1, -0.05) is 20.8 Å². The SMILES string of the molecule is CCC(C)(C)Cn1cccc(N)c1=O. The molecule has 0 aliphatic rings. The zero-order valence-corrected chi connectivity index (χ0v) is 9.08. The first-order valence-electron chi connectivity index (χ1n) is 4.91. The molecule has 0 amide bonds. The first kappa shape index (κ1) is 10.8. The Kier molecular flexibility index (Phi) is 2.99. The Hall–Kier alpha value is -1.25. The molecule has 1 aromatic heterocycles. The molecule has 78 valence electrons. The smallest absolute Gasteiger partial charge is 0.273 e. The van der Waals surface area contributed by atoms with Crippen molar-refractivity contribution < 1.29 is 0 Å². The van der Waals surface area contributed by atoms with E-state index in [2.05, 4.69) is 20.8 Å². The number of pyridine rings is 1. The zero-order chi connectivity index (χ0) is 10.8. The maximum absolute atomic E-state index is 11.6. The molecule has 2 N–H and O–H groups in total. The van der Waals surface area contributed by atoms with E-state index >= 15 is 0 Å². The molecule has 0 aliphatic carbocycles. The molecule has 1 heterocycles. The summed E-state index contributed by atoms with van der Waals surface area (Å²) in [5, 5.41) is 0. The topological polar surface area (TPSA) is 48.0 Å². The second kappa shape index (κ2) is 3.86. The monoisotopic (exact) mass is 194 g/mol. The van der Waals surface area contributed by atoms with E-state index < -0.39 is 0 Å². The van der Waals surface area contributed by atoms with Crippen molar-refractivity contribution in [3.63, 3.8) is 0 Å². The molecule has 0 fully saturated rings. The van der Waals surface area contributed by atoms with Crippen molar-refractivity contribution in [2.75, 3.05) is 5.73 Å². The fourth-order valence-corrected chi connectivity index (χ4v) is 1.25. The van der Waals surface area contributed by atoms with Gasteiger partial charge in [-0.25, -0.2) is 0 Å². The van der Waals surface area contributed by atoms with Gasteiger partial charge in [-0.3, -0.25) is 4.79 Å². The van der Waals surface area contributed by atoms with Crippen molar-refractivity contribution in [3.05, 3.63) is 28.7 Å². The van der Waals surface area contributed by atoms with E-state index in [4.69, 9.17) is 5.73 Å². The van der Waals surface area contributed by atoms with E-state index in [1.165, 1.54) is 0 Å². The Balaban J connectivity index is 2.99. The van der Waals surface area contributed by atoms with Crippen LogP contribution in [-0.2, 0) is 6.54 Å². The van der Waals surface area contributed by atoms with Gasteiger partial charge in [-0.2, -0.15) is 0 Å². The molecule has 0 unspecified atom stereocenters. The quantitative estimate of drug-likeness (QED) is 0.798. The lowest BCUT2D eigenvalue weighted by atomic mass is 9.90. The van der Waals surface area contributed by atoms with Crippen LogP contribution in [0.5, 0.6) is 0 Å². The van der Waals surface area contributed by atoms with Crippen LogP contribution >= 0.6 is 0 Å². The summed E-state index contributed by atoms with van der Waals surface area (Å²) in [4.78, 5) is 11.6. The van der Waals surface area contributed by atoms with E-state index in [0.717, 1.165) is 6.42 Å². The summed E-state index contributed by atoms with van der Waals surface area (Å²) in [6.07, 6.45) is 2.82. The third kappa shape index (κ3) is 2.37. The Labute approximate surface area is 84.6 Å². The summed E-state index contributed by atoms with van der Waals surface area (Å²) in [6, 6.07) is 3.44. The molecule has 0 aliphatic heterocycles. The molecule has 0 spiro atoms. The summed E-state index contributed by atoms with van der Waals surface area (Å²) in [5.41, 5.74) is 5.91. The van der Waals surface area contributed by atoms with Crippen LogP contribution in [0.3, 0.4) is 0 Å². The number of aromatic nitrogens is 1. The standard InChI is InChI=1S/C11H18N2O/c1-4-11(2,3)8-13-7-5-6-9(12)10(13)14/h5-7H,4,8,12H2,1-3H3. The van der Waals surface area contributed by atoms with Crippen LogP contribution in [0.25, 0.3) is 0 Å². The van der Waals surface area contributed by atoms with E-state index in [1.54, 1.807) is 16.8 Å². The van der Waals surface area contributed by atoms with E-state index in [0.29, 0.717) is 12.2 Å². The average Bonchev–Trinajstić information content (AvgIpc) is 2.13. The predicted octanol–water partition coefficient (Wildman–Crippen LogP) is 1.87. The summed E-state index contributed by atoms with van der Waals surface area (Å²) in [6.45, 7) is 7.12. The van der Waals surface area contributed by atoms with Crippen LogP contribution in [0.4, 0.5) is 5.69 Å². The van der Waals surface area contributed by atoms with Crippen LogP contribution in [0.2, 0.25) is 0 Å². The summed E-state index contributed by atoms with van der Waals surface area (Å²) in [5.74, 6) is 0. The fourth-order valence-electron chi connectivity index (χ4n) is 1.25. The molecule has 0 saturated heterocycles. The number of hydrogen-bond acceptors (Lipinski definition) is 2. The van der Waals surface area contributed by atoms with Gasteiger partial charge >= 0.3 is 0 Å². The second-order valence-electron chi connectivity index (χ2n) is 4.41. The van der Waals surface area contributed by atoms with Gasteiger partial charge < -0.3 is 10.3 Å². The minimum Gasteiger partial charge on any atom is -0.394 e. The lowest BCUT2D eigenvalue weighted by molar-refractivity contribution is 0.290. The summed E-state index contributed by atoms with van der Waals surface area (Å²) >= 11 is 0. The van der Waals surface area contributed by atoms with E-state index in [-0.39, 0.29) is 11.0 Å². The van der Waals surface area contributed by atoms with Crippen molar-refractivity contribution in [3.8, 4) is 0 Å². The summed E-state index contributed by atoms with van der Waals surface area (Å²) in [7, 11) is 0. The van der Waals surface area contributed by atoms with Gasteiger partial charge in [-0.05, 0) is 24.0 Å². The third-order valence-electron chi connectivity index (χ3n) is 2.61. The van der Waals surface area contributed by atoms with Gasteiger partial charge in [0, 0.05) is 12.7 Å². The van der Waals surface area contributed by atoms with Crippen molar-refractivity contribution >= 4 is 5.69 Å². The number of anilines is 1. The number of nitrogens with zero attached hydrogens (tertiary/aromatic N) is 1. The average molecular weight is 194 g/mol. The second-order valence-corrected chi connectivity index (χ2v) is 4.41. The predicted molar refractivity (Wildman–Crippen MR) is 59.2 cm³/mol. The third-order valence-corrected chi connectivity index (χ3v) is 2.61. The molecule has 1 aromatic rings. The summed E-state index contributed by atoms with van der Waals surface area (Å²) < 4.78 is 1.68. The van der Waals surface area contributed by atoms with E-state index in [9.17, 15) is 4.79 Å². The van der Waals surface area contributed by atoms with Gasteiger partial charge in [-0.15, -0.1) is 0 Å². The highest BCUT2D eigenvalue weighted by Crippen LogP contribution is 2.21. The molecule has 1 rings (SSSR count). The van der Waals surface area contributed by atoms with Crippen LogP contribution in [0.1, 0.15) is 27.2 Å². The molecule has 0 bridgehead atoms. The van der Waals surface area contributed by atoms with E-state index in [1.807, 2.05) is 6.07 Å². The lowest BCUT2D eigenvalue weighted by Gasteiger charge is -2.23. The zero-order valence-electron chi connectivity index (χ0n) is 9.08. The molecule has 0 aromatic carbocycles. The first-order chi connectivity index (χ1) is 6.46. The van der Waals surface area contributed by atoms with Crippen molar-refractivity contribution in [2.24, 2.45) is 5.41 Å². The Morgan fingerprint density at radius 1 is 1.50 bits per heavy atom. The number of nitrogen functional groups attached to an aromatic ring is 1. The van der Waals surface area contributed by atoms with Gasteiger partial charge in [0.15, 0.2) is 0 Å². The highest BCUT2D eigenvalue weighted by Gasteiger charge is 2.16. The first-order valence-corrected chi connectivity index (χ1v) is 4.91. The van der Waals surface area contributed by atoms with Crippen molar-refractivity contribution in [2.45, 2.75) is 33.7 Å². The fraction of sp³-hybridized carbons (Fsp3) is 0.545. The largest absolute Gasteiger partial charge is 0.394 e. The Bertz CT molecular complexity index is 366. The minimum absolute atomic E-state index is 0.0889. The maximum Gasteiger partial charge on any atom is 0.273 e. The molecule has 0 saturated carbocycles. The van der Waals surface area contributed by atoms with Gasteiger partial charge in [0.1, 0.15) is 0 Å². The highest BCUT2D eigenvalue weighted by molar-refractivity contribution is 5.33. The normalized spacial score (nSPS) is 11.6. The molecule has 3 nitrogen and oxygen atoms in total. The number of nitrogens with two attached hydrogens (primary N) is 1. The molecule has 0 radical (unpaired) electrons. The van der Waals surface area contributed by atoms with Crippen LogP contribution in [-0.4, -0.2) is 4.57 Å². The van der Waals surface area contributed by atoms with Gasteiger partial charge in [0.25, 0.3) is 5.56 Å². The molecule has 3 heteroatoms. The molecule has 0 atom stereocenters. The van der Waals surface area contributed by atoms with Crippen molar-refractivity contribution in [1.82, 2.24) is 4.57 Å². The molecular formula is C11H18N2O. The number of rotatable bonds is 3. The Morgan fingerprint density at radius 3 is 2.71 bits per heavy atom. The van der Waals surface area contributed by atoms with Gasteiger partial charge in [0.2, 0.25) is 0 Å². The van der Waals surface area contributed by atoms with Gasteiger partial charge in [0.05, 0.1) is 5.69 Å². The van der Waals surface area contributed by atoms with Crippen LogP contribution in [0, 0.1) is 5.41 Å². The minimum atomic E-state index is -0.0889. The molecular weight excluding hydrogens is 176 g/mol. The lowest BCUT2D eigenvalue weighted by Crippen LogP contribution is -2.28. The Morgan fingerprint density at radius 2 is 2.14 bits per heavy atom. The molecule has 14 heavy (non-hydrogen) atoms. The van der Waals surface area contributed by atoms with Crippen LogP contribution < -0.4 is 11.3 Å². The highest BCUT2D eigenvalue weighted by atomic mass is 16.1. The van der Waals surface area contributed by atoms with Crippen LogP contribution in [0.15, 0.2) is 23.1 Å². The van der Waals surface area contributed by atoms with Crippen molar-refractivity contribution in [1.29, 1.82) is 0 Å². The maximum atomic E-state index is 11.6. The number of hydrogen-bond donors (Lipinski definition) is 1.